The molecule has 162 valence electrons. The van der Waals surface area contributed by atoms with E-state index in [1.165, 1.54) is 0 Å². The standard InChI is InChI=1S/C24H27N3O4/c1-16-22(17(2)27(26-16)20-8-6-5-7-9-20)14-15-23(28)31-18(3)24(29)25-19-10-12-21(30-4)13-11-19/h5-13,18H,14-15H2,1-4H3,(H,25,29)/t18-/m0/s1. The Kier molecular flexibility index (Phi) is 7.07. The molecule has 7 nitrogen and oxygen atoms in total. The molecular formula is C24H27N3O4. The number of hydrogen-bond donors (Lipinski definition) is 1. The van der Waals surface area contributed by atoms with Crippen LogP contribution in [-0.4, -0.2) is 34.9 Å². The minimum absolute atomic E-state index is 0.169. The molecule has 1 atom stereocenters. The number of hydrogen-bond acceptors (Lipinski definition) is 5. The molecule has 1 amide bonds. The summed E-state index contributed by atoms with van der Waals surface area (Å²) in [7, 11) is 1.57. The number of carbonyl (C=O) groups excluding carboxylic acids is 2. The molecule has 3 rings (SSSR count). The normalized spacial score (nSPS) is 11.6. The Hall–Kier alpha value is -3.61. The Morgan fingerprint density at radius 3 is 2.39 bits per heavy atom. The number of rotatable bonds is 8. The smallest absolute Gasteiger partial charge is 0.306 e. The van der Waals surface area contributed by atoms with Crippen molar-refractivity contribution in [3.8, 4) is 11.4 Å². The molecule has 0 saturated carbocycles. The molecule has 3 aromatic rings. The van der Waals surface area contributed by atoms with Crippen LogP contribution in [-0.2, 0) is 20.7 Å². The molecule has 31 heavy (non-hydrogen) atoms. The molecule has 1 aromatic heterocycles. The highest BCUT2D eigenvalue weighted by molar-refractivity contribution is 5.95. The van der Waals surface area contributed by atoms with Gasteiger partial charge in [-0.2, -0.15) is 5.10 Å². The summed E-state index contributed by atoms with van der Waals surface area (Å²) in [6.45, 7) is 5.47. The fourth-order valence-corrected chi connectivity index (χ4v) is 3.31. The van der Waals surface area contributed by atoms with E-state index in [4.69, 9.17) is 9.47 Å². The van der Waals surface area contributed by atoms with Gasteiger partial charge in [0, 0.05) is 17.8 Å². The second kappa shape index (κ2) is 9.93. The van der Waals surface area contributed by atoms with Crippen molar-refractivity contribution in [2.45, 2.75) is 39.7 Å². The van der Waals surface area contributed by atoms with Gasteiger partial charge in [0.1, 0.15) is 5.75 Å². The highest BCUT2D eigenvalue weighted by atomic mass is 16.5. The maximum Gasteiger partial charge on any atom is 0.306 e. The lowest BCUT2D eigenvalue weighted by atomic mass is 10.1. The maximum atomic E-state index is 12.3. The van der Waals surface area contributed by atoms with E-state index in [9.17, 15) is 9.59 Å². The van der Waals surface area contributed by atoms with Gasteiger partial charge in [-0.1, -0.05) is 18.2 Å². The van der Waals surface area contributed by atoms with E-state index in [1.807, 2.05) is 48.9 Å². The van der Waals surface area contributed by atoms with Gasteiger partial charge < -0.3 is 14.8 Å². The van der Waals surface area contributed by atoms with Gasteiger partial charge in [0.05, 0.1) is 18.5 Å². The van der Waals surface area contributed by atoms with Crippen LogP contribution in [0.5, 0.6) is 5.75 Å². The number of methoxy groups -OCH3 is 1. The number of aryl methyl sites for hydroxylation is 1. The summed E-state index contributed by atoms with van der Waals surface area (Å²) in [5.74, 6) is -0.120. The third-order valence-electron chi connectivity index (χ3n) is 5.06. The van der Waals surface area contributed by atoms with E-state index in [1.54, 1.807) is 38.3 Å². The zero-order chi connectivity index (χ0) is 22.4. The molecule has 7 heteroatoms. The van der Waals surface area contributed by atoms with E-state index in [2.05, 4.69) is 10.4 Å². The van der Waals surface area contributed by atoms with Crippen LogP contribution in [0.25, 0.3) is 5.69 Å². The Labute approximate surface area is 182 Å². The van der Waals surface area contributed by atoms with Crippen molar-refractivity contribution in [1.82, 2.24) is 9.78 Å². The molecule has 1 heterocycles. The van der Waals surface area contributed by atoms with Crippen LogP contribution in [0.4, 0.5) is 5.69 Å². The van der Waals surface area contributed by atoms with E-state index < -0.39 is 12.1 Å². The first-order chi connectivity index (χ1) is 14.9. The third-order valence-corrected chi connectivity index (χ3v) is 5.06. The second-order valence-electron chi connectivity index (χ2n) is 7.25. The lowest BCUT2D eigenvalue weighted by Gasteiger charge is -2.14. The molecule has 0 radical (unpaired) electrons. The molecule has 0 aliphatic heterocycles. The van der Waals surface area contributed by atoms with Crippen molar-refractivity contribution in [2.75, 3.05) is 12.4 Å². The van der Waals surface area contributed by atoms with Gasteiger partial charge in [-0.3, -0.25) is 9.59 Å². The van der Waals surface area contributed by atoms with E-state index in [-0.39, 0.29) is 12.3 Å². The number of carbonyl (C=O) groups is 2. The number of amides is 1. The average molecular weight is 421 g/mol. The van der Waals surface area contributed by atoms with Gasteiger partial charge in [0.25, 0.3) is 5.91 Å². The van der Waals surface area contributed by atoms with Crippen molar-refractivity contribution in [3.63, 3.8) is 0 Å². The lowest BCUT2D eigenvalue weighted by molar-refractivity contribution is -0.153. The second-order valence-corrected chi connectivity index (χ2v) is 7.25. The maximum absolute atomic E-state index is 12.3. The Morgan fingerprint density at radius 1 is 1.06 bits per heavy atom. The molecule has 0 saturated heterocycles. The van der Waals surface area contributed by atoms with Crippen LogP contribution < -0.4 is 10.1 Å². The van der Waals surface area contributed by atoms with Crippen LogP contribution in [0, 0.1) is 13.8 Å². The molecule has 0 bridgehead atoms. The number of benzene rings is 2. The topological polar surface area (TPSA) is 82.4 Å². The molecular weight excluding hydrogens is 394 g/mol. The van der Waals surface area contributed by atoms with Gasteiger partial charge >= 0.3 is 5.97 Å². The SMILES string of the molecule is COc1ccc(NC(=O)[C@H](C)OC(=O)CCc2c(C)nn(-c3ccccc3)c2C)cc1. The molecule has 0 unspecified atom stereocenters. The van der Waals surface area contributed by atoms with Crippen molar-refractivity contribution in [3.05, 3.63) is 71.5 Å². The predicted octanol–water partition coefficient (Wildman–Crippen LogP) is 4.00. The van der Waals surface area contributed by atoms with E-state index in [0.717, 1.165) is 22.6 Å². The molecule has 0 aliphatic carbocycles. The quantitative estimate of drug-likeness (QED) is 0.556. The zero-order valence-corrected chi connectivity index (χ0v) is 18.2. The van der Waals surface area contributed by atoms with Gasteiger partial charge in [0.2, 0.25) is 0 Å². The monoisotopic (exact) mass is 421 g/mol. The number of para-hydroxylation sites is 1. The summed E-state index contributed by atoms with van der Waals surface area (Å²) in [5.41, 5.74) is 4.45. The summed E-state index contributed by atoms with van der Waals surface area (Å²) in [6, 6.07) is 16.8. The summed E-state index contributed by atoms with van der Waals surface area (Å²) in [5, 5.41) is 7.33. The Morgan fingerprint density at radius 2 is 1.74 bits per heavy atom. The van der Waals surface area contributed by atoms with Gasteiger partial charge in [-0.05, 0) is 69.2 Å². The van der Waals surface area contributed by atoms with E-state index >= 15 is 0 Å². The van der Waals surface area contributed by atoms with Gasteiger partial charge in [-0.25, -0.2) is 4.68 Å². The molecule has 2 aromatic carbocycles. The Balaban J connectivity index is 1.55. The number of nitrogens with zero attached hydrogens (tertiary/aromatic N) is 2. The fraction of sp³-hybridized carbons (Fsp3) is 0.292. The van der Waals surface area contributed by atoms with Gasteiger partial charge in [-0.15, -0.1) is 0 Å². The van der Waals surface area contributed by atoms with Crippen molar-refractivity contribution in [1.29, 1.82) is 0 Å². The lowest BCUT2D eigenvalue weighted by Crippen LogP contribution is -2.30. The first-order valence-electron chi connectivity index (χ1n) is 10.1. The van der Waals surface area contributed by atoms with Crippen LogP contribution in [0.2, 0.25) is 0 Å². The van der Waals surface area contributed by atoms with Crippen LogP contribution in [0.1, 0.15) is 30.3 Å². The minimum Gasteiger partial charge on any atom is -0.497 e. The highest BCUT2D eigenvalue weighted by Gasteiger charge is 2.19. The van der Waals surface area contributed by atoms with Crippen molar-refractivity contribution in [2.24, 2.45) is 0 Å². The summed E-state index contributed by atoms with van der Waals surface area (Å²) in [4.78, 5) is 24.6. The first kappa shape index (κ1) is 22.1. The van der Waals surface area contributed by atoms with Crippen LogP contribution in [0.15, 0.2) is 54.6 Å². The first-order valence-corrected chi connectivity index (χ1v) is 10.1. The van der Waals surface area contributed by atoms with Gasteiger partial charge in [0.15, 0.2) is 6.10 Å². The molecule has 0 spiro atoms. The molecule has 0 aliphatic rings. The highest BCUT2D eigenvalue weighted by Crippen LogP contribution is 2.20. The predicted molar refractivity (Wildman–Crippen MR) is 119 cm³/mol. The van der Waals surface area contributed by atoms with E-state index in [0.29, 0.717) is 17.9 Å². The van der Waals surface area contributed by atoms with Crippen LogP contribution >= 0.6 is 0 Å². The fourth-order valence-electron chi connectivity index (χ4n) is 3.31. The Bertz CT molecular complexity index is 1040. The zero-order valence-electron chi connectivity index (χ0n) is 18.2. The number of esters is 1. The summed E-state index contributed by atoms with van der Waals surface area (Å²) in [6.07, 6.45) is -0.234. The van der Waals surface area contributed by atoms with Crippen molar-refractivity contribution < 1.29 is 19.1 Å². The number of aromatic nitrogens is 2. The number of nitrogens with one attached hydrogen (secondary N) is 1. The molecule has 0 fully saturated rings. The largest absolute Gasteiger partial charge is 0.497 e. The number of ether oxygens (including phenoxy) is 2. The van der Waals surface area contributed by atoms with Crippen LogP contribution in [0.3, 0.4) is 0 Å². The number of anilines is 1. The summed E-state index contributed by atoms with van der Waals surface area (Å²) >= 11 is 0. The minimum atomic E-state index is -0.899. The average Bonchev–Trinajstić information content (AvgIpc) is 3.06. The third kappa shape index (κ3) is 5.51. The summed E-state index contributed by atoms with van der Waals surface area (Å²) < 4.78 is 12.3. The van der Waals surface area contributed by atoms with Crippen molar-refractivity contribution >= 4 is 17.6 Å². The molecule has 1 N–H and O–H groups in total.